The van der Waals surface area contributed by atoms with Crippen LogP contribution in [-0.4, -0.2) is 36.3 Å². The molecule has 1 heterocycles. The van der Waals surface area contributed by atoms with Gasteiger partial charge < -0.3 is 15.8 Å². The molecule has 6 heteroatoms. The van der Waals surface area contributed by atoms with Crippen LogP contribution in [0.2, 0.25) is 5.02 Å². The van der Waals surface area contributed by atoms with Gasteiger partial charge in [0.2, 0.25) is 5.95 Å². The standard InChI is InChI=1S/C8H13ClN4O/c9-7-5-12-8(13-6-7)11-2-4-14-3-1-10/h5-6H,1-4,10H2,(H,11,12,13). The summed E-state index contributed by atoms with van der Waals surface area (Å²) in [6.07, 6.45) is 3.08. The molecule has 1 aromatic rings. The molecule has 0 saturated carbocycles. The molecule has 1 aromatic heterocycles. The van der Waals surface area contributed by atoms with E-state index in [-0.39, 0.29) is 0 Å². The third-order valence-corrected chi connectivity index (χ3v) is 1.61. The van der Waals surface area contributed by atoms with E-state index in [1.165, 1.54) is 12.4 Å². The Morgan fingerprint density at radius 3 is 2.71 bits per heavy atom. The van der Waals surface area contributed by atoms with E-state index in [9.17, 15) is 0 Å². The maximum Gasteiger partial charge on any atom is 0.222 e. The van der Waals surface area contributed by atoms with Gasteiger partial charge in [-0.1, -0.05) is 11.6 Å². The van der Waals surface area contributed by atoms with Crippen molar-refractivity contribution >= 4 is 17.5 Å². The molecule has 0 amide bonds. The first-order valence-electron chi connectivity index (χ1n) is 4.32. The van der Waals surface area contributed by atoms with E-state index < -0.39 is 0 Å². The maximum atomic E-state index is 5.62. The van der Waals surface area contributed by atoms with E-state index >= 15 is 0 Å². The number of anilines is 1. The molecule has 3 N–H and O–H groups in total. The fourth-order valence-electron chi connectivity index (χ4n) is 0.824. The van der Waals surface area contributed by atoms with E-state index in [0.717, 1.165) is 0 Å². The molecule has 0 saturated heterocycles. The lowest BCUT2D eigenvalue weighted by Gasteiger charge is -2.04. The zero-order valence-electron chi connectivity index (χ0n) is 7.74. The molecule has 0 spiro atoms. The second-order valence-electron chi connectivity index (χ2n) is 2.55. The first-order valence-corrected chi connectivity index (χ1v) is 4.70. The van der Waals surface area contributed by atoms with Crippen LogP contribution in [0.15, 0.2) is 12.4 Å². The minimum Gasteiger partial charge on any atom is -0.378 e. The summed E-state index contributed by atoms with van der Waals surface area (Å²) in [6, 6.07) is 0. The van der Waals surface area contributed by atoms with Crippen LogP contribution in [0.4, 0.5) is 5.95 Å². The molecule has 5 nitrogen and oxygen atoms in total. The highest BCUT2D eigenvalue weighted by molar-refractivity contribution is 6.30. The van der Waals surface area contributed by atoms with E-state index in [1.807, 2.05) is 0 Å². The zero-order chi connectivity index (χ0) is 10.2. The highest BCUT2D eigenvalue weighted by Gasteiger charge is 1.94. The van der Waals surface area contributed by atoms with E-state index in [2.05, 4.69) is 15.3 Å². The quantitative estimate of drug-likeness (QED) is 0.679. The van der Waals surface area contributed by atoms with Crippen molar-refractivity contribution in [2.75, 3.05) is 31.6 Å². The Balaban J connectivity index is 2.15. The van der Waals surface area contributed by atoms with Gasteiger partial charge in [0.1, 0.15) is 0 Å². The van der Waals surface area contributed by atoms with Gasteiger partial charge in [0.15, 0.2) is 0 Å². The first-order chi connectivity index (χ1) is 6.83. The van der Waals surface area contributed by atoms with Crippen LogP contribution in [0.3, 0.4) is 0 Å². The number of nitrogens with two attached hydrogens (primary N) is 1. The SMILES string of the molecule is NCCOCCNc1ncc(Cl)cn1. The average molecular weight is 217 g/mol. The zero-order valence-corrected chi connectivity index (χ0v) is 8.50. The molecular formula is C8H13ClN4O. The Labute approximate surface area is 87.6 Å². The summed E-state index contributed by atoms with van der Waals surface area (Å²) >= 11 is 5.62. The molecule has 0 aromatic carbocycles. The van der Waals surface area contributed by atoms with Crippen molar-refractivity contribution in [2.24, 2.45) is 5.73 Å². The van der Waals surface area contributed by atoms with Crippen molar-refractivity contribution in [1.29, 1.82) is 0 Å². The molecular weight excluding hydrogens is 204 g/mol. The van der Waals surface area contributed by atoms with Gasteiger partial charge >= 0.3 is 0 Å². The monoisotopic (exact) mass is 216 g/mol. The van der Waals surface area contributed by atoms with Gasteiger partial charge in [-0.05, 0) is 0 Å². The van der Waals surface area contributed by atoms with Crippen LogP contribution >= 0.6 is 11.6 Å². The van der Waals surface area contributed by atoms with Gasteiger partial charge in [-0.3, -0.25) is 0 Å². The number of nitrogens with zero attached hydrogens (tertiary/aromatic N) is 2. The van der Waals surface area contributed by atoms with Crippen LogP contribution in [0.5, 0.6) is 0 Å². The number of nitrogens with one attached hydrogen (secondary N) is 1. The van der Waals surface area contributed by atoms with Crippen molar-refractivity contribution in [2.45, 2.75) is 0 Å². The Kier molecular flexibility index (Phi) is 5.21. The van der Waals surface area contributed by atoms with Crippen LogP contribution in [0, 0.1) is 0 Å². The van der Waals surface area contributed by atoms with Crippen molar-refractivity contribution in [3.63, 3.8) is 0 Å². The third-order valence-electron chi connectivity index (χ3n) is 1.41. The largest absolute Gasteiger partial charge is 0.378 e. The van der Waals surface area contributed by atoms with Gasteiger partial charge in [0.05, 0.1) is 30.6 Å². The van der Waals surface area contributed by atoms with Crippen molar-refractivity contribution in [3.05, 3.63) is 17.4 Å². The molecule has 1 rings (SSSR count). The fourth-order valence-corrected chi connectivity index (χ4v) is 0.922. The fraction of sp³-hybridized carbons (Fsp3) is 0.500. The lowest BCUT2D eigenvalue weighted by Crippen LogP contribution is -2.15. The minimum atomic E-state index is 0.523. The lowest BCUT2D eigenvalue weighted by atomic mass is 10.6. The van der Waals surface area contributed by atoms with Crippen LogP contribution in [0.25, 0.3) is 0 Å². The number of halogens is 1. The highest BCUT2D eigenvalue weighted by Crippen LogP contribution is 2.04. The van der Waals surface area contributed by atoms with E-state index in [1.54, 1.807) is 0 Å². The number of rotatable bonds is 6. The van der Waals surface area contributed by atoms with E-state index in [4.69, 9.17) is 22.1 Å². The summed E-state index contributed by atoms with van der Waals surface area (Å²) in [6.45, 7) is 2.35. The summed E-state index contributed by atoms with van der Waals surface area (Å²) in [4.78, 5) is 7.92. The maximum absolute atomic E-state index is 5.62. The van der Waals surface area contributed by atoms with Gasteiger partial charge in [0, 0.05) is 13.1 Å². The molecule has 0 aliphatic heterocycles. The van der Waals surface area contributed by atoms with Crippen LogP contribution in [0.1, 0.15) is 0 Å². The predicted molar refractivity (Wildman–Crippen MR) is 55.4 cm³/mol. The summed E-state index contributed by atoms with van der Waals surface area (Å²) < 4.78 is 5.16. The van der Waals surface area contributed by atoms with Crippen molar-refractivity contribution in [1.82, 2.24) is 9.97 Å². The normalized spacial score (nSPS) is 10.1. The van der Waals surface area contributed by atoms with Gasteiger partial charge in [-0.2, -0.15) is 0 Å². The molecule has 0 unspecified atom stereocenters. The van der Waals surface area contributed by atoms with Crippen LogP contribution in [-0.2, 0) is 4.74 Å². The molecule has 0 bridgehead atoms. The van der Waals surface area contributed by atoms with Gasteiger partial charge in [-0.25, -0.2) is 9.97 Å². The number of hydrogen-bond donors (Lipinski definition) is 2. The minimum absolute atomic E-state index is 0.523. The molecule has 78 valence electrons. The van der Waals surface area contributed by atoms with Crippen LogP contribution < -0.4 is 11.1 Å². The van der Waals surface area contributed by atoms with E-state index in [0.29, 0.717) is 37.3 Å². The number of ether oxygens (including phenoxy) is 1. The average Bonchev–Trinajstić information content (AvgIpc) is 2.21. The summed E-state index contributed by atoms with van der Waals surface area (Å²) in [5.41, 5.74) is 5.25. The third kappa shape index (κ3) is 4.36. The predicted octanol–water partition coefficient (Wildman–Crippen LogP) is 0.517. The number of aromatic nitrogens is 2. The lowest BCUT2D eigenvalue weighted by molar-refractivity contribution is 0.151. The molecule has 14 heavy (non-hydrogen) atoms. The Morgan fingerprint density at radius 1 is 1.36 bits per heavy atom. The van der Waals surface area contributed by atoms with Crippen molar-refractivity contribution in [3.8, 4) is 0 Å². The second kappa shape index (κ2) is 6.53. The highest BCUT2D eigenvalue weighted by atomic mass is 35.5. The molecule has 0 aliphatic carbocycles. The number of hydrogen-bond acceptors (Lipinski definition) is 5. The Hall–Kier alpha value is -0.910. The van der Waals surface area contributed by atoms with Gasteiger partial charge in [0.25, 0.3) is 0 Å². The smallest absolute Gasteiger partial charge is 0.222 e. The Morgan fingerprint density at radius 2 is 2.07 bits per heavy atom. The molecule has 0 atom stereocenters. The second-order valence-corrected chi connectivity index (χ2v) is 2.99. The summed E-state index contributed by atoms with van der Waals surface area (Å²) in [5.74, 6) is 0.547. The summed E-state index contributed by atoms with van der Waals surface area (Å²) in [5, 5.41) is 3.51. The Bertz CT molecular complexity index is 254. The molecule has 0 aliphatic rings. The molecule has 0 fully saturated rings. The topological polar surface area (TPSA) is 73.1 Å². The molecule has 0 radical (unpaired) electrons. The van der Waals surface area contributed by atoms with Crippen molar-refractivity contribution < 1.29 is 4.74 Å². The first kappa shape index (κ1) is 11.2. The summed E-state index contributed by atoms with van der Waals surface area (Å²) in [7, 11) is 0. The van der Waals surface area contributed by atoms with Gasteiger partial charge in [-0.15, -0.1) is 0 Å².